The third-order valence-electron chi connectivity index (χ3n) is 4.50. The molecule has 0 saturated heterocycles. The summed E-state index contributed by atoms with van der Waals surface area (Å²) < 4.78 is 28.1. The number of aromatic nitrogens is 2. The summed E-state index contributed by atoms with van der Waals surface area (Å²) >= 11 is 6.28. The van der Waals surface area contributed by atoms with Crippen LogP contribution in [0.2, 0.25) is 5.02 Å². The van der Waals surface area contributed by atoms with Gasteiger partial charge < -0.3 is 4.57 Å². The molecule has 8 heteroatoms. The van der Waals surface area contributed by atoms with Crippen molar-refractivity contribution in [3.63, 3.8) is 0 Å². The molecule has 3 rings (SSSR count). The molecule has 0 spiro atoms. The quantitative estimate of drug-likeness (QED) is 0.629. The van der Waals surface area contributed by atoms with Gasteiger partial charge in [-0.15, -0.1) is 0 Å². The number of benzene rings is 2. The van der Waals surface area contributed by atoms with Gasteiger partial charge in [0.1, 0.15) is 5.82 Å². The average molecular weight is 420 g/mol. The topological polar surface area (TPSA) is 81.1 Å². The van der Waals surface area contributed by atoms with Crippen molar-refractivity contribution in [2.24, 2.45) is 0 Å². The molecule has 0 aliphatic rings. The van der Waals surface area contributed by atoms with Crippen molar-refractivity contribution >= 4 is 38.6 Å². The Morgan fingerprint density at radius 2 is 1.96 bits per heavy atom. The molecule has 0 atom stereocenters. The fourth-order valence-electron chi connectivity index (χ4n) is 2.97. The lowest BCUT2D eigenvalue weighted by Gasteiger charge is -2.10. The first-order valence-electron chi connectivity index (χ1n) is 9.06. The van der Waals surface area contributed by atoms with Gasteiger partial charge in [-0.3, -0.25) is 4.79 Å². The zero-order valence-electron chi connectivity index (χ0n) is 15.8. The Bertz CT molecular complexity index is 1120. The average Bonchev–Trinajstić information content (AvgIpc) is 2.96. The standard InChI is InChI=1S/C20H22ClN3O3S/c1-3-4-11-28(26,27)23-20(25)15-9-10-18-19(12-15)24(14(2)22-18)13-16-7-5-6-8-17(16)21/h5-10,12H,3-4,11,13H2,1-2H3,(H,23,25). The van der Waals surface area contributed by atoms with Crippen LogP contribution >= 0.6 is 11.6 Å². The van der Waals surface area contributed by atoms with Crippen LogP contribution in [0.15, 0.2) is 42.5 Å². The highest BCUT2D eigenvalue weighted by Gasteiger charge is 2.17. The Labute approximate surface area is 169 Å². The second-order valence-electron chi connectivity index (χ2n) is 6.64. The number of halogens is 1. The lowest BCUT2D eigenvalue weighted by atomic mass is 10.2. The maximum atomic E-state index is 12.5. The largest absolute Gasteiger partial charge is 0.324 e. The van der Waals surface area contributed by atoms with Crippen LogP contribution in [-0.4, -0.2) is 29.6 Å². The molecular weight excluding hydrogens is 398 g/mol. The Hall–Kier alpha value is -2.38. The Balaban J connectivity index is 1.92. The Morgan fingerprint density at radius 1 is 1.21 bits per heavy atom. The fraction of sp³-hybridized carbons (Fsp3) is 0.300. The van der Waals surface area contributed by atoms with E-state index < -0.39 is 15.9 Å². The van der Waals surface area contributed by atoms with Crippen molar-refractivity contribution in [2.45, 2.75) is 33.2 Å². The number of nitrogens with zero attached hydrogens (tertiary/aromatic N) is 2. The van der Waals surface area contributed by atoms with Gasteiger partial charge in [-0.25, -0.2) is 18.1 Å². The summed E-state index contributed by atoms with van der Waals surface area (Å²) in [6.07, 6.45) is 1.24. The number of carbonyl (C=O) groups is 1. The van der Waals surface area contributed by atoms with Crippen LogP contribution in [0.3, 0.4) is 0 Å². The highest BCUT2D eigenvalue weighted by Crippen LogP contribution is 2.22. The van der Waals surface area contributed by atoms with Gasteiger partial charge in [0, 0.05) is 10.6 Å². The van der Waals surface area contributed by atoms with E-state index in [2.05, 4.69) is 9.71 Å². The molecule has 3 aromatic rings. The Kier molecular flexibility index (Phi) is 6.05. The number of sulfonamides is 1. The molecule has 148 valence electrons. The first-order chi connectivity index (χ1) is 13.3. The molecule has 2 aromatic carbocycles. The molecular formula is C20H22ClN3O3S. The van der Waals surface area contributed by atoms with E-state index in [4.69, 9.17) is 11.6 Å². The summed E-state index contributed by atoms with van der Waals surface area (Å²) in [5.41, 5.74) is 2.68. The van der Waals surface area contributed by atoms with Crippen LogP contribution in [0.4, 0.5) is 0 Å². The minimum Gasteiger partial charge on any atom is -0.324 e. The zero-order valence-corrected chi connectivity index (χ0v) is 17.3. The SMILES string of the molecule is CCCCS(=O)(=O)NC(=O)c1ccc2nc(C)n(Cc3ccccc3Cl)c2c1. The molecule has 28 heavy (non-hydrogen) atoms. The predicted molar refractivity (Wildman–Crippen MR) is 111 cm³/mol. The van der Waals surface area contributed by atoms with E-state index in [1.54, 1.807) is 18.2 Å². The third kappa shape index (κ3) is 4.54. The molecule has 0 unspecified atom stereocenters. The van der Waals surface area contributed by atoms with Crippen molar-refractivity contribution in [1.29, 1.82) is 0 Å². The molecule has 1 aromatic heterocycles. The number of rotatable bonds is 7. The van der Waals surface area contributed by atoms with E-state index in [1.165, 1.54) is 0 Å². The summed E-state index contributed by atoms with van der Waals surface area (Å²) in [5.74, 6) is 0.0744. The summed E-state index contributed by atoms with van der Waals surface area (Å²) in [7, 11) is -3.64. The molecule has 0 saturated carbocycles. The second kappa shape index (κ2) is 8.32. The number of hydrogen-bond acceptors (Lipinski definition) is 4. The second-order valence-corrected chi connectivity index (χ2v) is 8.89. The van der Waals surface area contributed by atoms with Crippen LogP contribution in [0.25, 0.3) is 11.0 Å². The normalized spacial score (nSPS) is 11.7. The van der Waals surface area contributed by atoms with Crippen molar-refractivity contribution < 1.29 is 13.2 Å². The van der Waals surface area contributed by atoms with Gasteiger partial charge in [-0.05, 0) is 43.2 Å². The van der Waals surface area contributed by atoms with E-state index in [0.29, 0.717) is 18.0 Å². The molecule has 1 heterocycles. The van der Waals surface area contributed by atoms with Crippen LogP contribution in [0, 0.1) is 6.92 Å². The van der Waals surface area contributed by atoms with Gasteiger partial charge in [-0.2, -0.15) is 0 Å². The number of nitrogens with one attached hydrogen (secondary N) is 1. The smallest absolute Gasteiger partial charge is 0.264 e. The molecule has 0 aliphatic heterocycles. The van der Waals surface area contributed by atoms with Crippen molar-refractivity contribution in [2.75, 3.05) is 5.75 Å². The first-order valence-corrected chi connectivity index (χ1v) is 11.1. The number of fused-ring (bicyclic) bond motifs is 1. The molecule has 0 fully saturated rings. The Morgan fingerprint density at radius 3 is 2.68 bits per heavy atom. The number of unbranched alkanes of at least 4 members (excludes halogenated alkanes) is 1. The number of carbonyl (C=O) groups excluding carboxylic acids is 1. The summed E-state index contributed by atoms with van der Waals surface area (Å²) in [4.78, 5) is 17.0. The van der Waals surface area contributed by atoms with E-state index in [0.717, 1.165) is 28.8 Å². The monoisotopic (exact) mass is 419 g/mol. The van der Waals surface area contributed by atoms with Crippen molar-refractivity contribution in [1.82, 2.24) is 14.3 Å². The van der Waals surface area contributed by atoms with Crippen LogP contribution in [0.1, 0.15) is 41.5 Å². The summed E-state index contributed by atoms with van der Waals surface area (Å²) in [6.45, 7) is 4.28. The molecule has 1 amide bonds. The van der Waals surface area contributed by atoms with Crippen LogP contribution in [-0.2, 0) is 16.6 Å². The maximum absolute atomic E-state index is 12.5. The van der Waals surface area contributed by atoms with Crippen LogP contribution in [0.5, 0.6) is 0 Å². The fourth-order valence-corrected chi connectivity index (χ4v) is 4.33. The van der Waals surface area contributed by atoms with Gasteiger partial charge in [-0.1, -0.05) is 43.1 Å². The van der Waals surface area contributed by atoms with E-state index in [9.17, 15) is 13.2 Å². The molecule has 6 nitrogen and oxygen atoms in total. The number of aryl methyl sites for hydroxylation is 1. The van der Waals surface area contributed by atoms with Gasteiger partial charge in [0.2, 0.25) is 10.0 Å². The number of hydrogen-bond donors (Lipinski definition) is 1. The number of amides is 1. The molecule has 0 bridgehead atoms. The third-order valence-corrected chi connectivity index (χ3v) is 6.19. The zero-order chi connectivity index (χ0) is 20.3. The van der Waals surface area contributed by atoms with E-state index >= 15 is 0 Å². The summed E-state index contributed by atoms with van der Waals surface area (Å²) in [6, 6.07) is 12.5. The summed E-state index contributed by atoms with van der Waals surface area (Å²) in [5, 5.41) is 0.652. The van der Waals surface area contributed by atoms with E-state index in [1.807, 2.05) is 42.7 Å². The van der Waals surface area contributed by atoms with Gasteiger partial charge in [0.25, 0.3) is 5.91 Å². The van der Waals surface area contributed by atoms with E-state index in [-0.39, 0.29) is 11.3 Å². The minimum absolute atomic E-state index is 0.0684. The van der Waals surface area contributed by atoms with Crippen LogP contribution < -0.4 is 4.72 Å². The predicted octanol–water partition coefficient (Wildman–Crippen LogP) is 3.91. The van der Waals surface area contributed by atoms with Gasteiger partial charge in [0.15, 0.2) is 0 Å². The number of imidazole rings is 1. The van der Waals surface area contributed by atoms with Gasteiger partial charge in [0.05, 0.1) is 23.3 Å². The van der Waals surface area contributed by atoms with Crippen molar-refractivity contribution in [3.05, 3.63) is 64.4 Å². The lowest BCUT2D eigenvalue weighted by Crippen LogP contribution is -2.32. The van der Waals surface area contributed by atoms with Crippen molar-refractivity contribution in [3.8, 4) is 0 Å². The minimum atomic E-state index is -3.64. The van der Waals surface area contributed by atoms with Gasteiger partial charge >= 0.3 is 0 Å². The highest BCUT2D eigenvalue weighted by atomic mass is 35.5. The molecule has 0 aliphatic carbocycles. The molecule has 0 radical (unpaired) electrons. The highest BCUT2D eigenvalue weighted by molar-refractivity contribution is 7.90. The lowest BCUT2D eigenvalue weighted by molar-refractivity contribution is 0.0981. The molecule has 1 N–H and O–H groups in total. The maximum Gasteiger partial charge on any atom is 0.264 e. The first kappa shape index (κ1) is 20.4.